The summed E-state index contributed by atoms with van der Waals surface area (Å²) in [5.74, 6) is -0.728. The van der Waals surface area contributed by atoms with Crippen molar-refractivity contribution >= 4 is 17.5 Å². The zero-order chi connectivity index (χ0) is 16.9. The van der Waals surface area contributed by atoms with Crippen LogP contribution in [0.4, 0.5) is 26.2 Å². The van der Waals surface area contributed by atoms with Gasteiger partial charge in [-0.25, -0.2) is 8.78 Å². The first-order valence-corrected chi connectivity index (χ1v) is 7.31. The van der Waals surface area contributed by atoms with Crippen LogP contribution in [0.1, 0.15) is 11.1 Å². The van der Waals surface area contributed by atoms with Gasteiger partial charge in [0.05, 0.1) is 11.9 Å². The molecule has 1 aromatic heterocycles. The monoisotopic (exact) mass is 327 g/mol. The second-order valence-electron chi connectivity index (χ2n) is 5.26. The molecular weight excluding hydrogens is 312 g/mol. The Bertz CT molecular complexity index is 854. The highest BCUT2D eigenvalue weighted by Gasteiger charge is 2.06. The molecule has 0 aliphatic carbocycles. The lowest BCUT2D eigenvalue weighted by molar-refractivity contribution is 0.586. The largest absolute Gasteiger partial charge is 0.349 e. The SMILES string of the molecule is Cc1cccc(CNc2nncc(Nc3ccc(F)cc3F)n2)c1. The van der Waals surface area contributed by atoms with Crippen LogP contribution in [0, 0.1) is 18.6 Å². The number of nitrogens with zero attached hydrogens (tertiary/aromatic N) is 3. The summed E-state index contributed by atoms with van der Waals surface area (Å²) in [6, 6.07) is 11.3. The van der Waals surface area contributed by atoms with E-state index in [-0.39, 0.29) is 5.69 Å². The van der Waals surface area contributed by atoms with E-state index in [0.29, 0.717) is 18.3 Å². The summed E-state index contributed by atoms with van der Waals surface area (Å²) in [6.45, 7) is 2.56. The van der Waals surface area contributed by atoms with Gasteiger partial charge in [-0.15, -0.1) is 5.10 Å². The Balaban J connectivity index is 1.69. The number of aromatic nitrogens is 3. The number of benzene rings is 2. The number of hydrogen-bond acceptors (Lipinski definition) is 5. The molecule has 2 aromatic carbocycles. The van der Waals surface area contributed by atoms with Gasteiger partial charge in [0.25, 0.3) is 0 Å². The normalized spacial score (nSPS) is 10.5. The maximum Gasteiger partial charge on any atom is 0.244 e. The third-order valence-electron chi connectivity index (χ3n) is 3.29. The van der Waals surface area contributed by atoms with E-state index in [2.05, 4.69) is 31.9 Å². The van der Waals surface area contributed by atoms with Crippen molar-refractivity contribution in [1.29, 1.82) is 0 Å². The van der Waals surface area contributed by atoms with Crippen LogP contribution in [0.2, 0.25) is 0 Å². The fourth-order valence-corrected chi connectivity index (χ4v) is 2.17. The van der Waals surface area contributed by atoms with E-state index in [9.17, 15) is 8.78 Å². The minimum atomic E-state index is -0.706. The molecule has 3 rings (SSSR count). The van der Waals surface area contributed by atoms with Gasteiger partial charge >= 0.3 is 0 Å². The van der Waals surface area contributed by atoms with E-state index >= 15 is 0 Å². The third-order valence-corrected chi connectivity index (χ3v) is 3.29. The third kappa shape index (κ3) is 4.01. The minimum Gasteiger partial charge on any atom is -0.349 e. The average Bonchev–Trinajstić information content (AvgIpc) is 2.56. The van der Waals surface area contributed by atoms with E-state index in [1.54, 1.807) is 0 Å². The fourth-order valence-electron chi connectivity index (χ4n) is 2.17. The number of anilines is 3. The predicted octanol–water partition coefficient (Wildman–Crippen LogP) is 3.81. The van der Waals surface area contributed by atoms with Crippen molar-refractivity contribution in [3.63, 3.8) is 0 Å². The second kappa shape index (κ2) is 6.99. The van der Waals surface area contributed by atoms with Crippen molar-refractivity contribution in [1.82, 2.24) is 15.2 Å². The molecule has 0 fully saturated rings. The van der Waals surface area contributed by atoms with E-state index in [1.165, 1.54) is 12.3 Å². The Morgan fingerprint density at radius 1 is 1.08 bits per heavy atom. The molecule has 5 nitrogen and oxygen atoms in total. The first-order chi connectivity index (χ1) is 11.6. The predicted molar refractivity (Wildman–Crippen MR) is 88.0 cm³/mol. The standard InChI is InChI=1S/C17H15F2N5/c1-11-3-2-4-12(7-11)9-20-17-23-16(10-21-24-17)22-15-6-5-13(18)8-14(15)19/h2-8,10H,9H2,1H3,(H2,20,22,23,24). The molecule has 0 aliphatic rings. The lowest BCUT2D eigenvalue weighted by atomic mass is 10.1. The fraction of sp³-hybridized carbons (Fsp3) is 0.118. The van der Waals surface area contributed by atoms with E-state index < -0.39 is 11.6 Å². The minimum absolute atomic E-state index is 0.113. The van der Waals surface area contributed by atoms with Crippen LogP contribution >= 0.6 is 0 Å². The van der Waals surface area contributed by atoms with Crippen molar-refractivity contribution < 1.29 is 8.78 Å². The molecule has 2 N–H and O–H groups in total. The average molecular weight is 327 g/mol. The summed E-state index contributed by atoms with van der Waals surface area (Å²) in [7, 11) is 0. The molecule has 0 aliphatic heterocycles. The second-order valence-corrected chi connectivity index (χ2v) is 5.26. The lowest BCUT2D eigenvalue weighted by Gasteiger charge is -2.09. The number of aryl methyl sites for hydroxylation is 1. The van der Waals surface area contributed by atoms with Gasteiger partial charge in [0, 0.05) is 12.6 Å². The number of halogens is 2. The zero-order valence-corrected chi connectivity index (χ0v) is 12.9. The molecule has 1 heterocycles. The van der Waals surface area contributed by atoms with Crippen LogP contribution in [-0.2, 0) is 6.54 Å². The lowest BCUT2D eigenvalue weighted by Crippen LogP contribution is -2.07. The van der Waals surface area contributed by atoms with Crippen LogP contribution in [0.25, 0.3) is 0 Å². The van der Waals surface area contributed by atoms with E-state index in [0.717, 1.165) is 23.3 Å². The Morgan fingerprint density at radius 3 is 2.75 bits per heavy atom. The maximum absolute atomic E-state index is 13.7. The summed E-state index contributed by atoms with van der Waals surface area (Å²) in [5, 5.41) is 13.5. The number of rotatable bonds is 5. The molecule has 24 heavy (non-hydrogen) atoms. The van der Waals surface area contributed by atoms with Gasteiger partial charge in [-0.05, 0) is 24.6 Å². The van der Waals surface area contributed by atoms with Gasteiger partial charge in [-0.2, -0.15) is 10.1 Å². The summed E-state index contributed by atoms with van der Waals surface area (Å²) >= 11 is 0. The van der Waals surface area contributed by atoms with Gasteiger partial charge in [-0.3, -0.25) is 0 Å². The van der Waals surface area contributed by atoms with Crippen LogP contribution in [0.15, 0.2) is 48.7 Å². The number of nitrogens with one attached hydrogen (secondary N) is 2. The van der Waals surface area contributed by atoms with Gasteiger partial charge in [0.1, 0.15) is 11.6 Å². The van der Waals surface area contributed by atoms with Gasteiger partial charge in [0.15, 0.2) is 5.82 Å². The first-order valence-electron chi connectivity index (χ1n) is 7.31. The maximum atomic E-state index is 13.7. The van der Waals surface area contributed by atoms with E-state index in [4.69, 9.17) is 0 Å². The highest BCUT2D eigenvalue weighted by molar-refractivity contribution is 5.56. The smallest absolute Gasteiger partial charge is 0.244 e. The molecule has 3 aromatic rings. The molecule has 0 bridgehead atoms. The summed E-state index contributed by atoms with van der Waals surface area (Å²) < 4.78 is 26.6. The molecule has 0 amide bonds. The van der Waals surface area contributed by atoms with Crippen molar-refractivity contribution in [2.75, 3.05) is 10.6 Å². The number of hydrogen-bond donors (Lipinski definition) is 2. The topological polar surface area (TPSA) is 62.7 Å². The first kappa shape index (κ1) is 15.8. The molecule has 0 atom stereocenters. The molecule has 0 saturated heterocycles. The molecule has 0 unspecified atom stereocenters. The van der Waals surface area contributed by atoms with Gasteiger partial charge in [-0.1, -0.05) is 29.8 Å². The van der Waals surface area contributed by atoms with Crippen LogP contribution < -0.4 is 10.6 Å². The molecule has 0 saturated carbocycles. The molecule has 122 valence electrons. The Morgan fingerprint density at radius 2 is 1.96 bits per heavy atom. The van der Waals surface area contributed by atoms with Gasteiger partial charge < -0.3 is 10.6 Å². The van der Waals surface area contributed by atoms with Crippen LogP contribution in [0.3, 0.4) is 0 Å². The van der Waals surface area contributed by atoms with Gasteiger partial charge in [0.2, 0.25) is 5.95 Å². The van der Waals surface area contributed by atoms with E-state index in [1.807, 2.05) is 25.1 Å². The molecule has 7 heteroatoms. The Kier molecular flexibility index (Phi) is 4.60. The molecule has 0 radical (unpaired) electrons. The summed E-state index contributed by atoms with van der Waals surface area (Å²) in [5.41, 5.74) is 2.36. The summed E-state index contributed by atoms with van der Waals surface area (Å²) in [4.78, 5) is 4.21. The van der Waals surface area contributed by atoms with Crippen molar-refractivity contribution in [3.8, 4) is 0 Å². The quantitative estimate of drug-likeness (QED) is 0.746. The Labute approximate surface area is 137 Å². The summed E-state index contributed by atoms with van der Waals surface area (Å²) in [6.07, 6.45) is 1.36. The van der Waals surface area contributed by atoms with Crippen molar-refractivity contribution in [2.24, 2.45) is 0 Å². The van der Waals surface area contributed by atoms with Crippen LogP contribution in [0.5, 0.6) is 0 Å². The highest BCUT2D eigenvalue weighted by atomic mass is 19.1. The molecular formula is C17H15F2N5. The Hall–Kier alpha value is -3.09. The zero-order valence-electron chi connectivity index (χ0n) is 12.9. The van der Waals surface area contributed by atoms with Crippen molar-refractivity contribution in [3.05, 3.63) is 71.4 Å². The van der Waals surface area contributed by atoms with Crippen molar-refractivity contribution in [2.45, 2.75) is 13.5 Å². The highest BCUT2D eigenvalue weighted by Crippen LogP contribution is 2.19. The van der Waals surface area contributed by atoms with Crippen LogP contribution in [-0.4, -0.2) is 15.2 Å². The molecule has 0 spiro atoms.